The molecule has 0 bridgehead atoms. The van der Waals surface area contributed by atoms with Gasteiger partial charge >= 0.3 is 11.9 Å². The molecule has 0 aromatic rings. The van der Waals surface area contributed by atoms with Gasteiger partial charge < -0.3 is 21.3 Å². The Balaban J connectivity index is 3.64. The van der Waals surface area contributed by atoms with Gasteiger partial charge in [0.15, 0.2) is 0 Å². The van der Waals surface area contributed by atoms with E-state index in [1.54, 1.807) is 6.92 Å². The molecule has 0 radical (unpaired) electrons. The molecular formula is C8H16N2O4. The van der Waals surface area contributed by atoms with Crippen LogP contribution in [0.15, 0.2) is 0 Å². The van der Waals surface area contributed by atoms with Crippen LogP contribution < -0.4 is 11.5 Å². The van der Waals surface area contributed by atoms with Crippen molar-refractivity contribution in [1.82, 2.24) is 0 Å². The van der Waals surface area contributed by atoms with E-state index in [9.17, 15) is 9.59 Å². The molecule has 0 spiro atoms. The number of hydrogen-bond acceptors (Lipinski definition) is 5. The Morgan fingerprint density at radius 1 is 1.36 bits per heavy atom. The van der Waals surface area contributed by atoms with Gasteiger partial charge in [-0.15, -0.1) is 0 Å². The third-order valence-electron chi connectivity index (χ3n) is 1.73. The predicted octanol–water partition coefficient (Wildman–Crippen LogP) is -0.931. The summed E-state index contributed by atoms with van der Waals surface area (Å²) in [6, 6.07) is -1.64. The summed E-state index contributed by atoms with van der Waals surface area (Å²) in [6.07, 6.45) is 0.585. The van der Waals surface area contributed by atoms with Gasteiger partial charge in [-0.2, -0.15) is 0 Å². The molecule has 0 aromatic carbocycles. The number of carbonyl (C=O) groups is 2. The summed E-state index contributed by atoms with van der Waals surface area (Å²) < 4.78 is 4.71. The van der Waals surface area contributed by atoms with Gasteiger partial charge in [-0.25, -0.2) is 0 Å². The standard InChI is InChI=1S/C8H16N2O4/c1-2-5(9)8(13)14-4-3-6(10)7(11)12/h5-6H,2-4,9-10H2,1H3,(H,11,12)/t5?,6-/m0/s1. The lowest BCUT2D eigenvalue weighted by Crippen LogP contribution is -2.34. The van der Waals surface area contributed by atoms with Crippen LogP contribution in [0.3, 0.4) is 0 Å². The van der Waals surface area contributed by atoms with E-state index in [4.69, 9.17) is 21.3 Å². The van der Waals surface area contributed by atoms with Gasteiger partial charge in [0.05, 0.1) is 6.61 Å². The molecular weight excluding hydrogens is 188 g/mol. The third kappa shape index (κ3) is 4.78. The van der Waals surface area contributed by atoms with Crippen LogP contribution in [-0.2, 0) is 14.3 Å². The molecule has 0 aliphatic heterocycles. The number of hydrogen-bond donors (Lipinski definition) is 3. The number of nitrogens with two attached hydrogens (primary N) is 2. The van der Waals surface area contributed by atoms with Crippen LogP contribution in [0.2, 0.25) is 0 Å². The summed E-state index contributed by atoms with van der Waals surface area (Å²) in [5, 5.41) is 8.41. The van der Waals surface area contributed by atoms with Gasteiger partial charge in [-0.05, 0) is 6.42 Å². The number of rotatable bonds is 6. The van der Waals surface area contributed by atoms with Crippen molar-refractivity contribution in [2.75, 3.05) is 6.61 Å². The Morgan fingerprint density at radius 2 is 1.93 bits per heavy atom. The molecule has 0 saturated heterocycles. The molecule has 6 nitrogen and oxygen atoms in total. The van der Waals surface area contributed by atoms with Crippen molar-refractivity contribution in [3.8, 4) is 0 Å². The smallest absolute Gasteiger partial charge is 0.322 e. The zero-order valence-electron chi connectivity index (χ0n) is 8.10. The van der Waals surface area contributed by atoms with Crippen molar-refractivity contribution in [3.63, 3.8) is 0 Å². The summed E-state index contributed by atoms with van der Waals surface area (Å²) in [5.74, 6) is -1.63. The van der Waals surface area contributed by atoms with E-state index < -0.39 is 24.0 Å². The second-order valence-electron chi connectivity index (χ2n) is 2.92. The highest BCUT2D eigenvalue weighted by Crippen LogP contribution is 1.94. The van der Waals surface area contributed by atoms with Crippen LogP contribution >= 0.6 is 0 Å². The van der Waals surface area contributed by atoms with Gasteiger partial charge in [0.1, 0.15) is 12.1 Å². The lowest BCUT2D eigenvalue weighted by molar-refractivity contribution is -0.147. The van der Waals surface area contributed by atoms with E-state index >= 15 is 0 Å². The van der Waals surface area contributed by atoms with Crippen LogP contribution in [-0.4, -0.2) is 35.7 Å². The van der Waals surface area contributed by atoms with E-state index in [1.165, 1.54) is 0 Å². The minimum Gasteiger partial charge on any atom is -0.480 e. The van der Waals surface area contributed by atoms with Crippen molar-refractivity contribution in [2.24, 2.45) is 11.5 Å². The Hall–Kier alpha value is -1.14. The van der Waals surface area contributed by atoms with Gasteiger partial charge in [-0.1, -0.05) is 6.92 Å². The molecule has 14 heavy (non-hydrogen) atoms. The molecule has 0 aromatic heterocycles. The Bertz CT molecular complexity index is 208. The molecule has 82 valence electrons. The topological polar surface area (TPSA) is 116 Å². The fourth-order valence-corrected chi connectivity index (χ4v) is 0.684. The highest BCUT2D eigenvalue weighted by molar-refractivity contribution is 5.75. The number of carboxylic acids is 1. The van der Waals surface area contributed by atoms with Crippen molar-refractivity contribution < 1.29 is 19.4 Å². The number of aliphatic carboxylic acids is 1. The van der Waals surface area contributed by atoms with Gasteiger partial charge in [0.2, 0.25) is 0 Å². The van der Waals surface area contributed by atoms with E-state index in [1.807, 2.05) is 0 Å². The van der Waals surface area contributed by atoms with Gasteiger partial charge in [-0.3, -0.25) is 9.59 Å². The first-order valence-electron chi connectivity index (χ1n) is 4.39. The van der Waals surface area contributed by atoms with Crippen LogP contribution in [0, 0.1) is 0 Å². The third-order valence-corrected chi connectivity index (χ3v) is 1.73. The number of carboxylic acid groups (broad SMARTS) is 1. The average molecular weight is 204 g/mol. The maximum absolute atomic E-state index is 11.0. The van der Waals surface area contributed by atoms with Gasteiger partial charge in [0, 0.05) is 6.42 Å². The summed E-state index contributed by atoms with van der Waals surface area (Å²) >= 11 is 0. The van der Waals surface area contributed by atoms with Crippen LogP contribution in [0.25, 0.3) is 0 Å². The number of ether oxygens (including phenoxy) is 1. The monoisotopic (exact) mass is 204 g/mol. The Kier molecular flexibility index (Phi) is 5.82. The van der Waals surface area contributed by atoms with E-state index in [0.717, 1.165) is 0 Å². The fraction of sp³-hybridized carbons (Fsp3) is 0.750. The van der Waals surface area contributed by atoms with Crippen LogP contribution in [0.5, 0.6) is 0 Å². The fourth-order valence-electron chi connectivity index (χ4n) is 0.684. The number of esters is 1. The first-order valence-corrected chi connectivity index (χ1v) is 4.39. The second kappa shape index (κ2) is 6.33. The van der Waals surface area contributed by atoms with Crippen molar-refractivity contribution >= 4 is 11.9 Å². The molecule has 0 amide bonds. The largest absolute Gasteiger partial charge is 0.480 e. The molecule has 6 heteroatoms. The lowest BCUT2D eigenvalue weighted by atomic mass is 10.2. The Labute approximate surface area is 82.2 Å². The summed E-state index contributed by atoms with van der Waals surface area (Å²) in [6.45, 7) is 1.74. The minimum atomic E-state index is -1.11. The molecule has 5 N–H and O–H groups in total. The second-order valence-corrected chi connectivity index (χ2v) is 2.92. The quantitative estimate of drug-likeness (QED) is 0.481. The van der Waals surface area contributed by atoms with E-state index in [-0.39, 0.29) is 13.0 Å². The lowest BCUT2D eigenvalue weighted by Gasteiger charge is -2.10. The van der Waals surface area contributed by atoms with E-state index in [0.29, 0.717) is 6.42 Å². The molecule has 0 fully saturated rings. The highest BCUT2D eigenvalue weighted by atomic mass is 16.5. The summed E-state index contributed by atoms with van der Waals surface area (Å²) in [4.78, 5) is 21.3. The number of carbonyl (C=O) groups excluding carboxylic acids is 1. The van der Waals surface area contributed by atoms with Crippen molar-refractivity contribution in [3.05, 3.63) is 0 Å². The molecule has 2 atom stereocenters. The molecule has 0 heterocycles. The first-order chi connectivity index (χ1) is 6.49. The minimum absolute atomic E-state index is 0.0139. The first kappa shape index (κ1) is 12.9. The van der Waals surface area contributed by atoms with Crippen molar-refractivity contribution in [1.29, 1.82) is 0 Å². The normalized spacial score (nSPS) is 14.5. The molecule has 0 rings (SSSR count). The molecule has 0 saturated carbocycles. The molecule has 0 aliphatic carbocycles. The van der Waals surface area contributed by atoms with Gasteiger partial charge in [0.25, 0.3) is 0 Å². The average Bonchev–Trinajstić information content (AvgIpc) is 2.15. The molecule has 0 aliphatic rings. The van der Waals surface area contributed by atoms with Crippen molar-refractivity contribution in [2.45, 2.75) is 31.8 Å². The summed E-state index contributed by atoms with van der Waals surface area (Å²) in [5.41, 5.74) is 10.6. The zero-order chi connectivity index (χ0) is 11.1. The highest BCUT2D eigenvalue weighted by Gasteiger charge is 2.15. The SMILES string of the molecule is CCC(N)C(=O)OCC[C@H](N)C(=O)O. The zero-order valence-corrected chi connectivity index (χ0v) is 8.10. The molecule has 1 unspecified atom stereocenters. The van der Waals surface area contributed by atoms with Crippen LogP contribution in [0.1, 0.15) is 19.8 Å². The van der Waals surface area contributed by atoms with Crippen LogP contribution in [0.4, 0.5) is 0 Å². The maximum atomic E-state index is 11.0. The summed E-state index contributed by atoms with van der Waals surface area (Å²) in [7, 11) is 0. The maximum Gasteiger partial charge on any atom is 0.322 e. The van der Waals surface area contributed by atoms with E-state index in [2.05, 4.69) is 0 Å². The predicted molar refractivity (Wildman–Crippen MR) is 49.5 cm³/mol. The Morgan fingerprint density at radius 3 is 2.36 bits per heavy atom.